The Labute approximate surface area is 212 Å². The summed E-state index contributed by atoms with van der Waals surface area (Å²) >= 11 is 0. The molecule has 1 heterocycles. The minimum absolute atomic E-state index is 0.0525. The van der Waals surface area contributed by atoms with Crippen molar-refractivity contribution in [2.24, 2.45) is 0 Å². The molecule has 0 atom stereocenters. The van der Waals surface area contributed by atoms with Gasteiger partial charge in [0.2, 0.25) is 0 Å². The monoisotopic (exact) mass is 500 g/mol. The fraction of sp³-hybridized carbons (Fsp3) is 0.517. The average molecular weight is 501 g/mol. The first-order valence-electron chi connectivity index (χ1n) is 13.0. The number of benzene rings is 2. The molecule has 0 saturated heterocycles. The van der Waals surface area contributed by atoms with Crippen LogP contribution in [0, 0.1) is 6.92 Å². The summed E-state index contributed by atoms with van der Waals surface area (Å²) < 4.78 is 30.1. The minimum atomic E-state index is -1.45. The number of hydrogen-bond acceptors (Lipinski definition) is 5. The average Bonchev–Trinajstić information content (AvgIpc) is 2.84. The highest BCUT2D eigenvalue weighted by Gasteiger charge is 2.26. The molecule has 5 nitrogen and oxygen atoms in total. The summed E-state index contributed by atoms with van der Waals surface area (Å²) in [6.45, 7) is 14.0. The van der Waals surface area contributed by atoms with Gasteiger partial charge in [-0.3, -0.25) is 4.52 Å². The number of hydrogen-bond donors (Lipinski definition) is 0. The number of aryl methyl sites for hydroxylation is 2. The van der Waals surface area contributed by atoms with E-state index in [1.54, 1.807) is 0 Å². The van der Waals surface area contributed by atoms with Crippen LogP contribution in [0.25, 0.3) is 16.9 Å². The first-order valence-corrected chi connectivity index (χ1v) is 14.1. The third-order valence-corrected chi connectivity index (χ3v) is 7.04. The summed E-state index contributed by atoms with van der Waals surface area (Å²) in [6.07, 6.45) is 8.56. The normalized spacial score (nSPS) is 12.4. The second-order valence-corrected chi connectivity index (χ2v) is 10.2. The lowest BCUT2D eigenvalue weighted by atomic mass is 9.91. The molecule has 0 saturated carbocycles. The maximum atomic E-state index is 6.25. The van der Waals surface area contributed by atoms with Gasteiger partial charge < -0.3 is 18.5 Å². The van der Waals surface area contributed by atoms with Crippen molar-refractivity contribution in [3.05, 3.63) is 53.6 Å². The van der Waals surface area contributed by atoms with Crippen molar-refractivity contribution in [1.29, 1.82) is 0 Å². The Hall–Kier alpha value is -1.91. The molecule has 0 bridgehead atoms. The summed E-state index contributed by atoms with van der Waals surface area (Å²) in [5.74, 6) is 2.21. The number of rotatable bonds is 16. The number of unbranched alkanes of at least 4 members (excludes halogenated alkanes) is 4. The third kappa shape index (κ3) is 8.05. The smallest absolute Gasteiger partial charge is 0.335 e. The Morgan fingerprint density at radius 1 is 0.829 bits per heavy atom. The zero-order chi connectivity index (χ0) is 25.0. The van der Waals surface area contributed by atoms with Crippen molar-refractivity contribution in [2.75, 3.05) is 20.0 Å². The van der Waals surface area contributed by atoms with Crippen LogP contribution in [0.2, 0.25) is 0 Å². The van der Waals surface area contributed by atoms with Crippen LogP contribution in [-0.4, -0.2) is 20.0 Å². The fourth-order valence-corrected chi connectivity index (χ4v) is 4.85. The zero-order valence-electron chi connectivity index (χ0n) is 21.9. The summed E-state index contributed by atoms with van der Waals surface area (Å²) in [6, 6.07) is 10.6. The van der Waals surface area contributed by atoms with E-state index in [9.17, 15) is 0 Å². The van der Waals surface area contributed by atoms with Crippen molar-refractivity contribution >= 4 is 14.4 Å². The molecule has 6 heteroatoms. The van der Waals surface area contributed by atoms with Crippen LogP contribution in [0.15, 0.2) is 36.9 Å². The van der Waals surface area contributed by atoms with Gasteiger partial charge in [-0.15, -0.1) is 0 Å². The molecule has 1 aliphatic heterocycles. The summed E-state index contributed by atoms with van der Waals surface area (Å²) in [4.78, 5) is 0. The number of fused-ring (bicyclic) bond motifs is 3. The van der Waals surface area contributed by atoms with Gasteiger partial charge in [-0.1, -0.05) is 76.8 Å². The molecule has 0 radical (unpaired) electrons. The van der Waals surface area contributed by atoms with Gasteiger partial charge in [0.25, 0.3) is 0 Å². The van der Waals surface area contributed by atoms with Gasteiger partial charge in [0.1, 0.15) is 17.3 Å². The lowest BCUT2D eigenvalue weighted by Crippen LogP contribution is -2.09. The van der Waals surface area contributed by atoms with Crippen molar-refractivity contribution < 1.29 is 23.0 Å². The first-order chi connectivity index (χ1) is 17.1. The number of ether oxygens (including phenoxy) is 2. The van der Waals surface area contributed by atoms with Gasteiger partial charge in [0, 0.05) is 11.1 Å². The molecule has 0 fully saturated rings. The third-order valence-electron chi connectivity index (χ3n) is 5.93. The quantitative estimate of drug-likeness (QED) is 0.131. The highest BCUT2D eigenvalue weighted by Crippen LogP contribution is 2.48. The Morgan fingerprint density at radius 3 is 2.23 bits per heavy atom. The van der Waals surface area contributed by atoms with E-state index in [4.69, 9.17) is 23.0 Å². The molecule has 0 N–H and O–H groups in total. The SMILES string of the molecule is C=C1Oc2cc(CCCCC)cc(OCOP(OCCCC)OCCCC)c2-c2cc(C)ccc21. The summed E-state index contributed by atoms with van der Waals surface area (Å²) in [5.41, 5.74) is 5.38. The predicted molar refractivity (Wildman–Crippen MR) is 145 cm³/mol. The van der Waals surface area contributed by atoms with Gasteiger partial charge >= 0.3 is 8.60 Å². The molecule has 2 aromatic rings. The van der Waals surface area contributed by atoms with E-state index in [0.717, 1.165) is 66.7 Å². The lowest BCUT2D eigenvalue weighted by molar-refractivity contribution is 0.0771. The molecular weight excluding hydrogens is 459 g/mol. The predicted octanol–water partition coefficient (Wildman–Crippen LogP) is 8.97. The van der Waals surface area contributed by atoms with Crippen molar-refractivity contribution in [3.8, 4) is 22.6 Å². The second kappa shape index (κ2) is 14.6. The Bertz CT molecular complexity index is 948. The van der Waals surface area contributed by atoms with E-state index in [0.29, 0.717) is 19.0 Å². The van der Waals surface area contributed by atoms with E-state index in [2.05, 4.69) is 64.6 Å². The standard InChI is InChI=1S/C29H41O5P/c1-6-9-12-13-24-19-27(30-21-33-35(31-16-10-7-2)32-17-11-8-3)29-26-18-22(4)14-15-25(26)23(5)34-28(29)20-24/h14-15,18-20H,5-13,16-17,21H2,1-4H3. The molecular formula is C29H41O5P. The molecule has 1 aliphatic rings. The van der Waals surface area contributed by atoms with E-state index < -0.39 is 8.60 Å². The van der Waals surface area contributed by atoms with Gasteiger partial charge in [-0.2, -0.15) is 0 Å². The molecule has 0 unspecified atom stereocenters. The minimum Gasteiger partial charge on any atom is -0.466 e. The van der Waals surface area contributed by atoms with E-state index in [1.165, 1.54) is 24.0 Å². The molecule has 0 aromatic heterocycles. The molecule has 192 valence electrons. The molecule has 0 spiro atoms. The van der Waals surface area contributed by atoms with Crippen LogP contribution in [0.4, 0.5) is 0 Å². The van der Waals surface area contributed by atoms with E-state index in [1.807, 2.05) is 0 Å². The highest BCUT2D eigenvalue weighted by molar-refractivity contribution is 7.41. The van der Waals surface area contributed by atoms with Crippen molar-refractivity contribution in [1.82, 2.24) is 0 Å². The van der Waals surface area contributed by atoms with Crippen LogP contribution >= 0.6 is 8.60 Å². The van der Waals surface area contributed by atoms with Crippen LogP contribution < -0.4 is 9.47 Å². The van der Waals surface area contributed by atoms with Gasteiger partial charge in [-0.25, -0.2) is 0 Å². The van der Waals surface area contributed by atoms with Gasteiger partial charge in [0.15, 0.2) is 6.79 Å². The van der Waals surface area contributed by atoms with Crippen LogP contribution in [0.3, 0.4) is 0 Å². The second-order valence-electron chi connectivity index (χ2n) is 8.99. The zero-order valence-corrected chi connectivity index (χ0v) is 22.8. The van der Waals surface area contributed by atoms with Crippen LogP contribution in [0.5, 0.6) is 11.5 Å². The molecule has 0 amide bonds. The van der Waals surface area contributed by atoms with Gasteiger partial charge in [-0.05, 0) is 50.3 Å². The van der Waals surface area contributed by atoms with Gasteiger partial charge in [0.05, 0.1) is 18.8 Å². The maximum absolute atomic E-state index is 6.25. The van der Waals surface area contributed by atoms with Crippen LogP contribution in [0.1, 0.15) is 82.4 Å². The first kappa shape index (κ1) is 27.7. The van der Waals surface area contributed by atoms with Crippen LogP contribution in [-0.2, 0) is 20.0 Å². The molecule has 35 heavy (non-hydrogen) atoms. The fourth-order valence-electron chi connectivity index (χ4n) is 3.93. The van der Waals surface area contributed by atoms with E-state index >= 15 is 0 Å². The Balaban J connectivity index is 1.82. The lowest BCUT2D eigenvalue weighted by Gasteiger charge is -2.26. The molecule has 3 rings (SSSR count). The molecule has 0 aliphatic carbocycles. The Kier molecular flexibility index (Phi) is 11.5. The summed E-state index contributed by atoms with van der Waals surface area (Å²) in [5, 5.41) is 0. The Morgan fingerprint density at radius 2 is 1.54 bits per heavy atom. The van der Waals surface area contributed by atoms with E-state index in [-0.39, 0.29) is 6.79 Å². The maximum Gasteiger partial charge on any atom is 0.335 e. The van der Waals surface area contributed by atoms with Crippen molar-refractivity contribution in [3.63, 3.8) is 0 Å². The largest absolute Gasteiger partial charge is 0.466 e. The summed E-state index contributed by atoms with van der Waals surface area (Å²) in [7, 11) is -1.45. The highest BCUT2D eigenvalue weighted by atomic mass is 31.2. The molecule has 2 aromatic carbocycles. The van der Waals surface area contributed by atoms with Crippen molar-refractivity contribution in [2.45, 2.75) is 79.1 Å². The topological polar surface area (TPSA) is 46.2 Å².